The van der Waals surface area contributed by atoms with Crippen LogP contribution in [-0.4, -0.2) is 28.1 Å². The number of hydrogen-bond acceptors (Lipinski definition) is 4. The third kappa shape index (κ3) is 2.86. The zero-order valence-corrected chi connectivity index (χ0v) is 12.8. The van der Waals surface area contributed by atoms with Gasteiger partial charge < -0.3 is 5.11 Å². The summed E-state index contributed by atoms with van der Waals surface area (Å²) in [5.74, 6) is -4.11. The van der Waals surface area contributed by atoms with Crippen molar-refractivity contribution in [3.63, 3.8) is 0 Å². The number of halogens is 1. The number of ketones is 3. The van der Waals surface area contributed by atoms with E-state index in [4.69, 9.17) is 0 Å². The molecule has 118 valence electrons. The number of Topliss-reactive ketones (excluding diaryl/α,β-unsaturated/α-hetero) is 3. The van der Waals surface area contributed by atoms with Crippen molar-refractivity contribution in [3.05, 3.63) is 35.6 Å². The minimum atomic E-state index is -1.52. The second kappa shape index (κ2) is 5.72. The van der Waals surface area contributed by atoms with E-state index in [1.165, 1.54) is 45.0 Å². The number of rotatable bonds is 3. The number of carbonyl (C=O) groups excluding carboxylic acids is 3. The van der Waals surface area contributed by atoms with Crippen LogP contribution in [0.5, 0.6) is 0 Å². The molecule has 1 aliphatic rings. The summed E-state index contributed by atoms with van der Waals surface area (Å²) in [6, 6.07) is 5.36. The Kier molecular flexibility index (Phi) is 4.29. The molecule has 0 amide bonds. The highest BCUT2D eigenvalue weighted by Crippen LogP contribution is 2.46. The predicted molar refractivity (Wildman–Crippen MR) is 77.7 cm³/mol. The minimum Gasteiger partial charge on any atom is -0.389 e. The summed E-state index contributed by atoms with van der Waals surface area (Å²) in [5.41, 5.74) is -1.01. The van der Waals surface area contributed by atoms with Gasteiger partial charge in [-0.3, -0.25) is 14.4 Å². The minimum absolute atomic E-state index is 0.237. The lowest BCUT2D eigenvalue weighted by Gasteiger charge is -2.44. The monoisotopic (exact) mass is 306 g/mol. The van der Waals surface area contributed by atoms with Crippen molar-refractivity contribution in [2.24, 2.45) is 11.8 Å². The van der Waals surface area contributed by atoms with Gasteiger partial charge in [-0.1, -0.05) is 12.1 Å². The summed E-state index contributed by atoms with van der Waals surface area (Å²) in [7, 11) is 0. The normalized spacial score (nSPS) is 31.9. The maximum atomic E-state index is 13.1. The van der Waals surface area contributed by atoms with Crippen LogP contribution in [0, 0.1) is 17.7 Å². The zero-order valence-electron chi connectivity index (χ0n) is 12.8. The van der Waals surface area contributed by atoms with Crippen LogP contribution in [0.3, 0.4) is 0 Å². The van der Waals surface area contributed by atoms with E-state index in [0.717, 1.165) is 0 Å². The second-order valence-electron chi connectivity index (χ2n) is 6.25. The third-order valence-corrected chi connectivity index (χ3v) is 4.40. The van der Waals surface area contributed by atoms with Gasteiger partial charge in [0.15, 0.2) is 0 Å². The van der Waals surface area contributed by atoms with Crippen LogP contribution in [0.15, 0.2) is 24.3 Å². The first-order valence-electron chi connectivity index (χ1n) is 7.16. The summed E-state index contributed by atoms with van der Waals surface area (Å²) in [6.07, 6.45) is -0.237. The molecule has 4 nitrogen and oxygen atoms in total. The fraction of sp³-hybridized carbons (Fsp3) is 0.471. The van der Waals surface area contributed by atoms with Crippen LogP contribution in [0.25, 0.3) is 0 Å². The summed E-state index contributed by atoms with van der Waals surface area (Å²) in [5, 5.41) is 10.5. The Hall–Kier alpha value is -1.88. The van der Waals surface area contributed by atoms with E-state index in [-0.39, 0.29) is 23.8 Å². The van der Waals surface area contributed by atoms with Crippen LogP contribution < -0.4 is 0 Å². The Morgan fingerprint density at radius 3 is 2.18 bits per heavy atom. The summed E-state index contributed by atoms with van der Waals surface area (Å²) >= 11 is 0. The second-order valence-corrected chi connectivity index (χ2v) is 6.25. The molecule has 0 saturated heterocycles. The van der Waals surface area contributed by atoms with Crippen LogP contribution in [0.1, 0.15) is 38.7 Å². The fourth-order valence-corrected chi connectivity index (χ4v) is 3.59. The largest absolute Gasteiger partial charge is 0.389 e. The Bertz CT molecular complexity index is 618. The first-order chi connectivity index (χ1) is 10.1. The van der Waals surface area contributed by atoms with Gasteiger partial charge in [-0.2, -0.15) is 0 Å². The van der Waals surface area contributed by atoms with Gasteiger partial charge in [-0.05, 0) is 38.5 Å². The molecule has 1 fully saturated rings. The van der Waals surface area contributed by atoms with Gasteiger partial charge in [-0.15, -0.1) is 0 Å². The van der Waals surface area contributed by atoms with Crippen molar-refractivity contribution in [1.82, 2.24) is 0 Å². The molecular weight excluding hydrogens is 287 g/mol. The van der Waals surface area contributed by atoms with Gasteiger partial charge in [0.2, 0.25) is 0 Å². The fourth-order valence-electron chi connectivity index (χ4n) is 3.59. The van der Waals surface area contributed by atoms with E-state index >= 15 is 0 Å². The molecule has 0 heterocycles. The third-order valence-electron chi connectivity index (χ3n) is 4.40. The van der Waals surface area contributed by atoms with E-state index in [1.807, 2.05) is 0 Å². The quantitative estimate of drug-likeness (QED) is 0.868. The molecule has 0 aromatic heterocycles. The Morgan fingerprint density at radius 1 is 1.18 bits per heavy atom. The Labute approximate surface area is 128 Å². The highest BCUT2D eigenvalue weighted by molar-refractivity contribution is 6.05. The standard InChI is InChI=1S/C17H19FO4/c1-9(19)14-13(21)8-17(3,22)16(10(2)20)15(14)11-4-6-12(18)7-5-11/h4-7,14-16,22H,8H2,1-3H3/t14-,15-,16-,17+/m1/s1. The van der Waals surface area contributed by atoms with E-state index in [1.54, 1.807) is 0 Å². The summed E-state index contributed by atoms with van der Waals surface area (Å²) < 4.78 is 13.1. The highest BCUT2D eigenvalue weighted by atomic mass is 19.1. The van der Waals surface area contributed by atoms with Crippen molar-refractivity contribution < 1.29 is 23.9 Å². The van der Waals surface area contributed by atoms with Gasteiger partial charge in [-0.25, -0.2) is 4.39 Å². The molecule has 4 atom stereocenters. The number of hydrogen-bond donors (Lipinski definition) is 1. The average Bonchev–Trinajstić information content (AvgIpc) is 2.36. The molecule has 1 saturated carbocycles. The number of carbonyl (C=O) groups is 3. The van der Waals surface area contributed by atoms with Crippen molar-refractivity contribution in [1.29, 1.82) is 0 Å². The first-order valence-corrected chi connectivity index (χ1v) is 7.16. The van der Waals surface area contributed by atoms with Gasteiger partial charge in [0.1, 0.15) is 23.2 Å². The lowest BCUT2D eigenvalue weighted by Crippen LogP contribution is -2.53. The molecule has 1 aromatic rings. The Morgan fingerprint density at radius 2 is 1.73 bits per heavy atom. The molecule has 1 N–H and O–H groups in total. The highest BCUT2D eigenvalue weighted by Gasteiger charge is 2.53. The van der Waals surface area contributed by atoms with E-state index in [9.17, 15) is 23.9 Å². The van der Waals surface area contributed by atoms with E-state index in [2.05, 4.69) is 0 Å². The van der Waals surface area contributed by atoms with Crippen molar-refractivity contribution in [3.8, 4) is 0 Å². The topological polar surface area (TPSA) is 71.4 Å². The molecule has 2 rings (SSSR count). The predicted octanol–water partition coefficient (Wildman–Crippen LogP) is 2.04. The molecule has 0 radical (unpaired) electrons. The van der Waals surface area contributed by atoms with Crippen molar-refractivity contribution in [2.75, 3.05) is 0 Å². The SMILES string of the molecule is CC(=O)[C@@H]1C(=O)C[C@](C)(O)[C@H](C(C)=O)[C@@H]1c1ccc(F)cc1. The van der Waals surface area contributed by atoms with Crippen LogP contribution >= 0.6 is 0 Å². The molecular formula is C17H19FO4. The lowest BCUT2D eigenvalue weighted by atomic mass is 9.60. The molecule has 0 aliphatic heterocycles. The van der Waals surface area contributed by atoms with E-state index in [0.29, 0.717) is 5.56 Å². The molecule has 0 bridgehead atoms. The van der Waals surface area contributed by atoms with Crippen LogP contribution in [0.4, 0.5) is 4.39 Å². The Balaban J connectivity index is 2.61. The average molecular weight is 306 g/mol. The van der Waals surface area contributed by atoms with Crippen molar-refractivity contribution in [2.45, 2.75) is 38.7 Å². The number of aliphatic hydroxyl groups is 1. The van der Waals surface area contributed by atoms with E-state index < -0.39 is 29.2 Å². The van der Waals surface area contributed by atoms with Crippen LogP contribution in [0.2, 0.25) is 0 Å². The van der Waals surface area contributed by atoms with Gasteiger partial charge >= 0.3 is 0 Å². The molecule has 1 aliphatic carbocycles. The molecule has 0 spiro atoms. The maximum absolute atomic E-state index is 13.1. The molecule has 22 heavy (non-hydrogen) atoms. The molecule has 5 heteroatoms. The lowest BCUT2D eigenvalue weighted by molar-refractivity contribution is -0.151. The van der Waals surface area contributed by atoms with Gasteiger partial charge in [0, 0.05) is 12.3 Å². The number of benzene rings is 1. The van der Waals surface area contributed by atoms with Crippen molar-refractivity contribution >= 4 is 17.3 Å². The van der Waals surface area contributed by atoms with Gasteiger partial charge in [0.05, 0.1) is 17.4 Å². The molecule has 1 aromatic carbocycles. The smallest absolute Gasteiger partial charge is 0.146 e. The van der Waals surface area contributed by atoms with Gasteiger partial charge in [0.25, 0.3) is 0 Å². The summed E-state index contributed by atoms with van der Waals surface area (Å²) in [6.45, 7) is 4.07. The van der Waals surface area contributed by atoms with Crippen LogP contribution in [-0.2, 0) is 14.4 Å². The summed E-state index contributed by atoms with van der Waals surface area (Å²) in [4.78, 5) is 36.3. The zero-order chi connectivity index (χ0) is 16.7. The maximum Gasteiger partial charge on any atom is 0.146 e. The first kappa shape index (κ1) is 16.5. The molecule has 0 unspecified atom stereocenters.